The van der Waals surface area contributed by atoms with Gasteiger partial charge in [-0.3, -0.25) is 4.79 Å². The topological polar surface area (TPSA) is 76.6 Å². The number of likely N-dealkylation sites (N-methyl/N-ethyl adjacent to an activating group) is 1. The second-order valence-electron chi connectivity index (χ2n) is 6.73. The number of nitrogens with zero attached hydrogens (tertiary/aromatic N) is 2. The fourth-order valence-electron chi connectivity index (χ4n) is 3.22. The van der Waals surface area contributed by atoms with Gasteiger partial charge in [0, 0.05) is 24.0 Å². The number of aromatic nitrogens is 1. The Labute approximate surface area is 169 Å². The number of rotatable bonds is 7. The standard InChI is InChI=1S/C20H24N2O4S2/c1-3-22(18-9-10-28(24,25)14-18)20(23)8-7-16-5-4-6-19(11-16)26-12-17-13-27-15(2)21-17/h4-8,11,13,18H,3,9-10,12,14H2,1-2H3/b8-7+. The van der Waals surface area contributed by atoms with Crippen molar-refractivity contribution in [2.24, 2.45) is 0 Å². The largest absolute Gasteiger partial charge is 0.487 e. The summed E-state index contributed by atoms with van der Waals surface area (Å²) in [4.78, 5) is 18.6. The molecule has 0 saturated carbocycles. The van der Waals surface area contributed by atoms with Gasteiger partial charge < -0.3 is 9.64 Å². The Morgan fingerprint density at radius 2 is 2.25 bits per heavy atom. The fourth-order valence-corrected chi connectivity index (χ4v) is 5.55. The summed E-state index contributed by atoms with van der Waals surface area (Å²) >= 11 is 1.59. The zero-order valence-corrected chi connectivity index (χ0v) is 17.6. The molecule has 0 spiro atoms. The van der Waals surface area contributed by atoms with Crippen LogP contribution >= 0.6 is 11.3 Å². The van der Waals surface area contributed by atoms with Crippen molar-refractivity contribution in [1.29, 1.82) is 0 Å². The molecule has 3 rings (SSSR count). The number of amides is 1. The minimum absolute atomic E-state index is 0.0554. The van der Waals surface area contributed by atoms with Crippen LogP contribution in [0, 0.1) is 6.92 Å². The summed E-state index contributed by atoms with van der Waals surface area (Å²) in [5, 5.41) is 2.98. The Bertz CT molecular complexity index is 966. The van der Waals surface area contributed by atoms with E-state index in [2.05, 4.69) is 4.98 Å². The monoisotopic (exact) mass is 420 g/mol. The molecule has 2 heterocycles. The molecule has 28 heavy (non-hydrogen) atoms. The summed E-state index contributed by atoms with van der Waals surface area (Å²) in [6, 6.07) is 7.25. The molecule has 0 N–H and O–H groups in total. The van der Waals surface area contributed by atoms with E-state index >= 15 is 0 Å². The summed E-state index contributed by atoms with van der Waals surface area (Å²) in [7, 11) is -3.02. The van der Waals surface area contributed by atoms with Crippen LogP contribution in [0.25, 0.3) is 6.08 Å². The van der Waals surface area contributed by atoms with Gasteiger partial charge in [0.2, 0.25) is 5.91 Å². The lowest BCUT2D eigenvalue weighted by atomic mass is 10.2. The molecule has 1 unspecified atom stereocenters. The molecule has 2 aromatic rings. The predicted octanol–water partition coefficient (Wildman–Crippen LogP) is 3.08. The molecule has 6 nitrogen and oxygen atoms in total. The number of carbonyl (C=O) groups is 1. The number of benzene rings is 1. The van der Waals surface area contributed by atoms with Crippen LogP contribution in [0.3, 0.4) is 0 Å². The second kappa shape index (κ2) is 8.87. The third kappa shape index (κ3) is 5.42. The first kappa shape index (κ1) is 20.5. The van der Waals surface area contributed by atoms with Crippen LogP contribution in [0.4, 0.5) is 0 Å². The molecule has 1 aliphatic heterocycles. The van der Waals surface area contributed by atoms with Crippen molar-refractivity contribution in [3.63, 3.8) is 0 Å². The quantitative estimate of drug-likeness (QED) is 0.644. The molecule has 1 aliphatic rings. The van der Waals surface area contributed by atoms with E-state index in [1.54, 1.807) is 22.3 Å². The SMILES string of the molecule is CCN(C(=O)/C=C/c1cccc(OCc2csc(C)n2)c1)C1CCS(=O)(=O)C1. The lowest BCUT2D eigenvalue weighted by Crippen LogP contribution is -2.40. The molecule has 1 atom stereocenters. The summed E-state index contributed by atoms with van der Waals surface area (Å²) in [6.45, 7) is 4.71. The highest BCUT2D eigenvalue weighted by atomic mass is 32.2. The molecule has 8 heteroatoms. The number of sulfone groups is 1. The van der Waals surface area contributed by atoms with Crippen LogP contribution in [-0.2, 0) is 21.2 Å². The van der Waals surface area contributed by atoms with Gasteiger partial charge in [0.05, 0.1) is 22.2 Å². The van der Waals surface area contributed by atoms with Crippen LogP contribution in [0.2, 0.25) is 0 Å². The Hall–Kier alpha value is -2.19. The fraction of sp³-hybridized carbons (Fsp3) is 0.400. The number of aryl methyl sites for hydroxylation is 1. The van der Waals surface area contributed by atoms with Gasteiger partial charge in [0.15, 0.2) is 9.84 Å². The minimum atomic E-state index is -3.02. The highest BCUT2D eigenvalue weighted by Crippen LogP contribution is 2.20. The summed E-state index contributed by atoms with van der Waals surface area (Å²) in [6.07, 6.45) is 3.74. The van der Waals surface area contributed by atoms with Gasteiger partial charge in [-0.15, -0.1) is 11.3 Å². The number of hydrogen-bond acceptors (Lipinski definition) is 6. The van der Waals surface area contributed by atoms with Crippen molar-refractivity contribution in [2.45, 2.75) is 32.9 Å². The van der Waals surface area contributed by atoms with Crippen LogP contribution in [-0.4, -0.2) is 48.3 Å². The Kier molecular flexibility index (Phi) is 6.51. The molecule has 1 amide bonds. The van der Waals surface area contributed by atoms with E-state index < -0.39 is 9.84 Å². The zero-order valence-electron chi connectivity index (χ0n) is 16.0. The lowest BCUT2D eigenvalue weighted by molar-refractivity contribution is -0.127. The van der Waals surface area contributed by atoms with E-state index in [1.807, 2.05) is 43.5 Å². The molecule has 1 aromatic carbocycles. The van der Waals surface area contributed by atoms with Gasteiger partial charge >= 0.3 is 0 Å². The highest BCUT2D eigenvalue weighted by Gasteiger charge is 2.33. The van der Waals surface area contributed by atoms with Crippen LogP contribution in [0.5, 0.6) is 5.75 Å². The zero-order chi connectivity index (χ0) is 20.1. The van der Waals surface area contributed by atoms with Crippen molar-refractivity contribution in [1.82, 2.24) is 9.88 Å². The van der Waals surface area contributed by atoms with Gasteiger partial charge in [-0.1, -0.05) is 12.1 Å². The molecule has 1 aromatic heterocycles. The smallest absolute Gasteiger partial charge is 0.246 e. The number of ether oxygens (including phenoxy) is 1. The Morgan fingerprint density at radius 1 is 1.43 bits per heavy atom. The average molecular weight is 421 g/mol. The molecule has 0 radical (unpaired) electrons. The van der Waals surface area contributed by atoms with E-state index in [4.69, 9.17) is 4.74 Å². The third-order valence-electron chi connectivity index (χ3n) is 4.60. The van der Waals surface area contributed by atoms with E-state index in [-0.39, 0.29) is 23.5 Å². The van der Waals surface area contributed by atoms with Gasteiger partial charge in [-0.2, -0.15) is 0 Å². The Balaban J connectivity index is 1.62. The summed E-state index contributed by atoms with van der Waals surface area (Å²) in [5.74, 6) is 0.742. The first-order valence-corrected chi connectivity index (χ1v) is 11.9. The maximum Gasteiger partial charge on any atom is 0.246 e. The number of carbonyl (C=O) groups excluding carboxylic acids is 1. The maximum absolute atomic E-state index is 12.5. The highest BCUT2D eigenvalue weighted by molar-refractivity contribution is 7.91. The number of thiazole rings is 1. The van der Waals surface area contributed by atoms with Gasteiger partial charge in [-0.05, 0) is 44.0 Å². The van der Waals surface area contributed by atoms with Gasteiger partial charge in [-0.25, -0.2) is 13.4 Å². The van der Waals surface area contributed by atoms with Crippen molar-refractivity contribution < 1.29 is 17.9 Å². The van der Waals surface area contributed by atoms with E-state index in [9.17, 15) is 13.2 Å². The minimum Gasteiger partial charge on any atom is -0.487 e. The molecule has 0 bridgehead atoms. The lowest BCUT2D eigenvalue weighted by Gasteiger charge is -2.25. The van der Waals surface area contributed by atoms with E-state index in [1.165, 1.54) is 6.08 Å². The molecular formula is C20H24N2O4S2. The van der Waals surface area contributed by atoms with Crippen molar-refractivity contribution >= 4 is 33.2 Å². The molecule has 0 aliphatic carbocycles. The summed E-state index contributed by atoms with van der Waals surface area (Å²) < 4.78 is 29.2. The molecule has 1 fully saturated rings. The van der Waals surface area contributed by atoms with Crippen LogP contribution in [0.15, 0.2) is 35.7 Å². The normalized spacial score (nSPS) is 18.4. The van der Waals surface area contributed by atoms with Crippen molar-refractivity contribution in [3.8, 4) is 5.75 Å². The summed E-state index contributed by atoms with van der Waals surface area (Å²) in [5.41, 5.74) is 1.74. The predicted molar refractivity (Wildman–Crippen MR) is 111 cm³/mol. The number of hydrogen-bond donors (Lipinski definition) is 0. The Morgan fingerprint density at radius 3 is 2.89 bits per heavy atom. The maximum atomic E-state index is 12.5. The van der Waals surface area contributed by atoms with Crippen molar-refractivity contribution in [3.05, 3.63) is 52.0 Å². The van der Waals surface area contributed by atoms with Gasteiger partial charge in [0.25, 0.3) is 0 Å². The van der Waals surface area contributed by atoms with E-state index in [0.717, 1.165) is 16.3 Å². The van der Waals surface area contributed by atoms with Gasteiger partial charge in [0.1, 0.15) is 12.4 Å². The third-order valence-corrected chi connectivity index (χ3v) is 7.18. The molecule has 150 valence electrons. The van der Waals surface area contributed by atoms with E-state index in [0.29, 0.717) is 25.3 Å². The molecular weight excluding hydrogens is 396 g/mol. The first-order valence-electron chi connectivity index (χ1n) is 9.19. The molecule has 1 saturated heterocycles. The average Bonchev–Trinajstić information content (AvgIpc) is 3.24. The second-order valence-corrected chi connectivity index (χ2v) is 10.0. The first-order chi connectivity index (χ1) is 13.4. The van der Waals surface area contributed by atoms with Crippen LogP contribution < -0.4 is 4.74 Å². The van der Waals surface area contributed by atoms with Crippen molar-refractivity contribution in [2.75, 3.05) is 18.1 Å². The van der Waals surface area contributed by atoms with Crippen LogP contribution in [0.1, 0.15) is 29.6 Å².